The molecule has 3 aliphatic heterocycles. The van der Waals surface area contributed by atoms with Gasteiger partial charge in [0.2, 0.25) is 11.3 Å². The number of benzene rings is 4. The van der Waals surface area contributed by atoms with Crippen molar-refractivity contribution in [1.29, 1.82) is 0 Å². The van der Waals surface area contributed by atoms with Crippen LogP contribution in [0.2, 0.25) is 0 Å². The number of ether oxygens (including phenoxy) is 2. The lowest BCUT2D eigenvalue weighted by molar-refractivity contribution is -0.938. The molecule has 12 heteroatoms. The first-order valence-corrected chi connectivity index (χ1v) is 22.6. The Morgan fingerprint density at radius 3 is 2.30 bits per heavy atom. The number of pyridine rings is 1. The molecule has 322 valence electrons. The Labute approximate surface area is 366 Å². The van der Waals surface area contributed by atoms with E-state index in [9.17, 15) is 24.6 Å². The Morgan fingerprint density at radius 2 is 1.54 bits per heavy atom. The number of unbranched alkanes of at least 4 members (excludes halogenated alkanes) is 6. The number of carbonyl (C=O) groups is 2. The first kappa shape index (κ1) is 44.1. The number of phenols is 1. The predicted octanol–water partition coefficient (Wildman–Crippen LogP) is 8.74. The number of amides is 1. The maximum Gasteiger partial charge on any atom is 0.408 e. The lowest BCUT2D eigenvalue weighted by Gasteiger charge is -2.51. The average Bonchev–Trinajstić information content (AvgIpc) is 3.26. The molecule has 5 aromatic rings. The van der Waals surface area contributed by atoms with Gasteiger partial charge in [-0.25, -0.2) is 4.79 Å². The molecule has 3 saturated heterocycles. The summed E-state index contributed by atoms with van der Waals surface area (Å²) in [6, 6.07) is 31.1. The predicted molar refractivity (Wildman–Crippen MR) is 241 cm³/mol. The summed E-state index contributed by atoms with van der Waals surface area (Å²) in [4.78, 5) is 41.3. The number of fused-ring (bicyclic) bond motifs is 4. The molecule has 0 aliphatic carbocycles. The van der Waals surface area contributed by atoms with Crippen molar-refractivity contribution in [2.45, 2.75) is 76.0 Å². The first-order valence-electron chi connectivity index (χ1n) is 21.8. The number of hydrogen-bond donors (Lipinski definition) is 5. The number of quaternary nitrogens is 1. The molecular weight excluding hydrogens is 836 g/mol. The van der Waals surface area contributed by atoms with Crippen LogP contribution in [0.5, 0.6) is 11.5 Å². The van der Waals surface area contributed by atoms with E-state index < -0.39 is 18.2 Å². The molecule has 0 saturated carbocycles. The van der Waals surface area contributed by atoms with Gasteiger partial charge in [-0.1, -0.05) is 115 Å². The number of alkyl carbamates (subject to hydrolysis) is 1. The average molecular weight is 895 g/mol. The normalized spacial score (nSPS) is 19.3. The first-order chi connectivity index (χ1) is 29.7. The van der Waals surface area contributed by atoms with Gasteiger partial charge in [0, 0.05) is 46.8 Å². The fraction of sp³-hybridized carbons (Fsp3) is 0.408. The number of aliphatic hydroxyl groups excluding tert-OH is 1. The quantitative estimate of drug-likeness (QED) is 0.0279. The highest BCUT2D eigenvalue weighted by Crippen LogP contribution is 2.37. The van der Waals surface area contributed by atoms with Crippen molar-refractivity contribution in [3.05, 3.63) is 140 Å². The van der Waals surface area contributed by atoms with E-state index >= 15 is 0 Å². The molecule has 4 heterocycles. The molecule has 0 spiro atoms. The van der Waals surface area contributed by atoms with Gasteiger partial charge in [0.15, 0.2) is 6.10 Å². The minimum atomic E-state index is -0.758. The van der Waals surface area contributed by atoms with Crippen LogP contribution in [0.3, 0.4) is 0 Å². The van der Waals surface area contributed by atoms with Crippen LogP contribution in [0.4, 0.5) is 4.79 Å². The third-order valence-corrected chi connectivity index (χ3v) is 12.8. The maximum absolute atomic E-state index is 13.7. The summed E-state index contributed by atoms with van der Waals surface area (Å²) in [6.45, 7) is 4.72. The van der Waals surface area contributed by atoms with Crippen LogP contribution in [-0.2, 0) is 4.74 Å². The van der Waals surface area contributed by atoms with Gasteiger partial charge in [-0.15, -0.1) is 0 Å². The number of aromatic hydroxyl groups is 1. The molecule has 61 heavy (non-hydrogen) atoms. The fourth-order valence-corrected chi connectivity index (χ4v) is 9.54. The fourth-order valence-electron chi connectivity index (χ4n) is 9.05. The standard InChI is InChI=1S/C49H57BrN4O7/c50-38-28-37(29-39(30-38)60-27-13-5-3-1-2-4-12-24-51-31-43(56)40-18-20-42(55)48-41(40)19-21-46(58)52-48)47(36-16-10-7-11-17-36)53-49(59)61-45-33-54(25-22-35(45)23-26-54)32-44(57)34-14-8-6-9-15-34/h6-11,14-21,28-30,35,43,45,47,51,56H,1-5,12-13,22-27,31-33H2,(H2-,52,53,55,58,59)/p+1/t35?,43-,45+,47?,54?/m1/s1. The second-order valence-corrected chi connectivity index (χ2v) is 17.7. The SMILES string of the molecule is O=C(NC(c1ccccc1)c1cc(Br)cc(OCCCCCCCCCNC[C@@H](O)c2ccc(O)c3[nH]c(=O)ccc23)c1)O[C@H]1C[N+]2(CC(=O)c3ccccc3)CCC1CC2. The Morgan fingerprint density at radius 1 is 0.836 bits per heavy atom. The van der Waals surface area contributed by atoms with Crippen molar-refractivity contribution in [3.8, 4) is 11.5 Å². The van der Waals surface area contributed by atoms with Crippen molar-refractivity contribution in [3.63, 3.8) is 0 Å². The van der Waals surface area contributed by atoms with E-state index in [1.807, 2.05) is 78.9 Å². The number of H-pyrrole nitrogens is 1. The Hall–Kier alpha value is -5.01. The topological polar surface area (TPSA) is 150 Å². The van der Waals surface area contributed by atoms with E-state index in [4.69, 9.17) is 9.47 Å². The van der Waals surface area contributed by atoms with Gasteiger partial charge in [-0.2, -0.15) is 0 Å². The van der Waals surface area contributed by atoms with Gasteiger partial charge < -0.3 is 39.8 Å². The van der Waals surface area contributed by atoms with Crippen LogP contribution in [0.1, 0.15) is 97.0 Å². The summed E-state index contributed by atoms with van der Waals surface area (Å²) in [5.74, 6) is 1.15. The van der Waals surface area contributed by atoms with E-state index in [0.717, 1.165) is 104 Å². The number of ketones is 1. The maximum atomic E-state index is 13.7. The van der Waals surface area contributed by atoms with Crippen LogP contribution in [-0.4, -0.2) is 83.5 Å². The number of carbonyl (C=O) groups excluding carboxylic acids is 2. The molecule has 4 aromatic carbocycles. The van der Waals surface area contributed by atoms with E-state index in [2.05, 4.69) is 31.5 Å². The Kier molecular flexibility index (Phi) is 15.3. The molecule has 8 rings (SSSR count). The molecule has 1 amide bonds. The number of rotatable bonds is 21. The van der Waals surface area contributed by atoms with Crippen molar-refractivity contribution in [1.82, 2.24) is 15.6 Å². The molecular formula is C49H58BrN4O7+. The van der Waals surface area contributed by atoms with E-state index in [0.29, 0.717) is 53.1 Å². The van der Waals surface area contributed by atoms with Gasteiger partial charge in [-0.3, -0.25) is 9.59 Å². The number of aliphatic hydroxyl groups is 1. The highest BCUT2D eigenvalue weighted by atomic mass is 79.9. The molecule has 5 N–H and O–H groups in total. The molecule has 3 aliphatic rings. The van der Waals surface area contributed by atoms with Crippen LogP contribution < -0.4 is 20.9 Å². The number of aromatic amines is 1. The summed E-state index contributed by atoms with van der Waals surface area (Å²) in [5, 5.41) is 28.0. The molecule has 3 atom stereocenters. The van der Waals surface area contributed by atoms with Gasteiger partial charge in [0.05, 0.1) is 37.4 Å². The zero-order valence-corrected chi connectivity index (χ0v) is 36.3. The van der Waals surface area contributed by atoms with Crippen molar-refractivity contribution in [2.75, 3.05) is 45.9 Å². The van der Waals surface area contributed by atoms with Crippen LogP contribution in [0.15, 0.2) is 112 Å². The number of Topliss-reactive ketones (excluding diaryl/α,β-unsaturated/α-hetero) is 1. The zero-order valence-electron chi connectivity index (χ0n) is 34.7. The second-order valence-electron chi connectivity index (χ2n) is 16.7. The van der Waals surface area contributed by atoms with E-state index in [1.165, 1.54) is 12.1 Å². The molecule has 2 bridgehead atoms. The monoisotopic (exact) mass is 893 g/mol. The molecule has 1 unspecified atom stereocenters. The Balaban J connectivity index is 0.827. The number of phenolic OH excluding ortho intramolecular Hbond substituents is 1. The minimum absolute atomic E-state index is 0.0172. The smallest absolute Gasteiger partial charge is 0.408 e. The van der Waals surface area contributed by atoms with Crippen LogP contribution in [0, 0.1) is 5.92 Å². The van der Waals surface area contributed by atoms with Gasteiger partial charge in [0.1, 0.15) is 24.6 Å². The molecule has 0 radical (unpaired) electrons. The second kappa shape index (κ2) is 21.2. The third kappa shape index (κ3) is 11.9. The highest BCUT2D eigenvalue weighted by Gasteiger charge is 2.48. The lowest BCUT2D eigenvalue weighted by Crippen LogP contribution is -2.66. The summed E-state index contributed by atoms with van der Waals surface area (Å²) in [7, 11) is 0. The highest BCUT2D eigenvalue weighted by molar-refractivity contribution is 9.10. The van der Waals surface area contributed by atoms with E-state index in [1.54, 1.807) is 12.1 Å². The van der Waals surface area contributed by atoms with Gasteiger partial charge in [0.25, 0.3) is 0 Å². The summed E-state index contributed by atoms with van der Waals surface area (Å²) in [5.41, 5.74) is 3.25. The number of hydrogen-bond acceptors (Lipinski definition) is 8. The third-order valence-electron chi connectivity index (χ3n) is 12.4. The van der Waals surface area contributed by atoms with Crippen molar-refractivity contribution >= 4 is 38.7 Å². The zero-order chi connectivity index (χ0) is 42.6. The number of nitrogens with one attached hydrogen (secondary N) is 3. The molecule has 1 aromatic heterocycles. The summed E-state index contributed by atoms with van der Waals surface area (Å²) < 4.78 is 14.0. The van der Waals surface area contributed by atoms with Crippen LogP contribution in [0.25, 0.3) is 10.9 Å². The largest absolute Gasteiger partial charge is 0.506 e. The molecule has 11 nitrogen and oxygen atoms in total. The van der Waals surface area contributed by atoms with Gasteiger partial charge >= 0.3 is 6.09 Å². The number of halogens is 1. The minimum Gasteiger partial charge on any atom is -0.506 e. The van der Waals surface area contributed by atoms with Crippen molar-refractivity contribution in [2.24, 2.45) is 5.92 Å². The number of piperidine rings is 3. The number of aromatic nitrogens is 1. The summed E-state index contributed by atoms with van der Waals surface area (Å²) in [6.07, 6.45) is 7.95. The van der Waals surface area contributed by atoms with Gasteiger partial charge in [-0.05, 0) is 66.4 Å². The Bertz CT molecular complexity index is 2280. The number of nitrogens with zero attached hydrogens (tertiary/aromatic N) is 1. The lowest BCUT2D eigenvalue weighted by atomic mass is 9.83. The molecule has 3 fully saturated rings. The van der Waals surface area contributed by atoms with E-state index in [-0.39, 0.29) is 23.2 Å². The van der Waals surface area contributed by atoms with Crippen LogP contribution >= 0.6 is 15.9 Å². The van der Waals surface area contributed by atoms with Crippen molar-refractivity contribution < 1.29 is 33.8 Å². The summed E-state index contributed by atoms with van der Waals surface area (Å²) >= 11 is 3.68.